The van der Waals surface area contributed by atoms with Crippen molar-refractivity contribution in [1.82, 2.24) is 24.8 Å². The fraction of sp³-hybridized carbons (Fsp3) is 0.290. The SMILES string of the molecule is CC(C)C(C)(c1ccc(OCc2ccccn2)cc1)c1ccc(-c2ccc3nnc(C(C)(C)N)n3n2)cc1. The summed E-state index contributed by atoms with van der Waals surface area (Å²) in [7, 11) is 0. The van der Waals surface area contributed by atoms with Crippen LogP contribution in [0.5, 0.6) is 5.75 Å². The van der Waals surface area contributed by atoms with Gasteiger partial charge in [0.05, 0.1) is 16.9 Å². The van der Waals surface area contributed by atoms with E-state index in [0.717, 1.165) is 22.7 Å². The van der Waals surface area contributed by atoms with Crippen molar-refractivity contribution >= 4 is 5.65 Å². The van der Waals surface area contributed by atoms with Crippen molar-refractivity contribution in [3.05, 3.63) is 108 Å². The number of hydrogen-bond donors (Lipinski definition) is 1. The maximum absolute atomic E-state index is 6.29. The highest BCUT2D eigenvalue weighted by Gasteiger charge is 2.32. The minimum atomic E-state index is -0.646. The lowest BCUT2D eigenvalue weighted by molar-refractivity contribution is 0.301. The van der Waals surface area contributed by atoms with E-state index in [1.54, 1.807) is 10.7 Å². The molecule has 1 unspecified atom stereocenters. The summed E-state index contributed by atoms with van der Waals surface area (Å²) in [6.45, 7) is 11.1. The minimum Gasteiger partial charge on any atom is -0.487 e. The van der Waals surface area contributed by atoms with Crippen molar-refractivity contribution < 1.29 is 4.74 Å². The molecule has 2 N–H and O–H groups in total. The molecule has 3 heterocycles. The molecule has 0 aliphatic rings. The van der Waals surface area contributed by atoms with Crippen LogP contribution in [0.1, 0.15) is 57.3 Å². The second-order valence-corrected chi connectivity index (χ2v) is 10.8. The lowest BCUT2D eigenvalue weighted by atomic mass is 9.68. The molecule has 0 saturated carbocycles. The number of aromatic nitrogens is 5. The van der Waals surface area contributed by atoms with Crippen LogP contribution in [0, 0.1) is 5.92 Å². The van der Waals surface area contributed by atoms with Crippen LogP contribution in [0.4, 0.5) is 0 Å². The molecule has 2 aromatic carbocycles. The number of benzene rings is 2. The lowest BCUT2D eigenvalue weighted by Crippen LogP contribution is -2.31. The molecule has 1 atom stereocenters. The monoisotopic (exact) mass is 506 g/mol. The topological polar surface area (TPSA) is 91.2 Å². The van der Waals surface area contributed by atoms with Gasteiger partial charge in [-0.05, 0) is 67.3 Å². The standard InChI is InChI=1S/C31H34N6O/c1-21(2)31(5,24-13-15-26(16-14-24)38-20-25-8-6-7-19-33-25)23-11-9-22(10-12-23)27-17-18-28-34-35-29(30(3,4)32)37(28)36-27/h6-19,21H,20,32H2,1-5H3. The van der Waals surface area contributed by atoms with Crippen LogP contribution < -0.4 is 10.5 Å². The van der Waals surface area contributed by atoms with Crippen LogP contribution in [-0.2, 0) is 17.6 Å². The largest absolute Gasteiger partial charge is 0.487 e. The van der Waals surface area contributed by atoms with E-state index in [4.69, 9.17) is 15.6 Å². The summed E-state index contributed by atoms with van der Waals surface area (Å²) in [5.41, 5.74) is 11.4. The van der Waals surface area contributed by atoms with E-state index in [-0.39, 0.29) is 5.41 Å². The summed E-state index contributed by atoms with van der Waals surface area (Å²) < 4.78 is 7.69. The molecule has 0 spiro atoms. The molecule has 0 amide bonds. The molecule has 0 aliphatic carbocycles. The van der Waals surface area contributed by atoms with E-state index < -0.39 is 5.54 Å². The molecule has 38 heavy (non-hydrogen) atoms. The van der Waals surface area contributed by atoms with E-state index in [1.165, 1.54) is 11.1 Å². The van der Waals surface area contributed by atoms with E-state index in [9.17, 15) is 0 Å². The van der Waals surface area contributed by atoms with Gasteiger partial charge in [-0.2, -0.15) is 9.61 Å². The van der Waals surface area contributed by atoms with Gasteiger partial charge in [-0.25, -0.2) is 0 Å². The molecular weight excluding hydrogens is 472 g/mol. The average molecular weight is 507 g/mol. The highest BCUT2D eigenvalue weighted by Crippen LogP contribution is 2.40. The van der Waals surface area contributed by atoms with Gasteiger partial charge in [-0.3, -0.25) is 4.98 Å². The van der Waals surface area contributed by atoms with Crippen molar-refractivity contribution in [1.29, 1.82) is 0 Å². The third-order valence-corrected chi connectivity index (χ3v) is 7.34. The first-order valence-electron chi connectivity index (χ1n) is 12.9. The van der Waals surface area contributed by atoms with Gasteiger partial charge in [0.25, 0.3) is 0 Å². The molecule has 7 heteroatoms. The van der Waals surface area contributed by atoms with E-state index in [1.807, 2.05) is 56.3 Å². The predicted molar refractivity (Wildman–Crippen MR) is 150 cm³/mol. The van der Waals surface area contributed by atoms with Crippen LogP contribution in [0.2, 0.25) is 0 Å². The van der Waals surface area contributed by atoms with E-state index in [0.29, 0.717) is 24.0 Å². The number of rotatable bonds is 8. The van der Waals surface area contributed by atoms with Crippen LogP contribution in [-0.4, -0.2) is 24.8 Å². The Labute approximate surface area is 223 Å². The maximum Gasteiger partial charge on any atom is 0.178 e. The highest BCUT2D eigenvalue weighted by atomic mass is 16.5. The van der Waals surface area contributed by atoms with Gasteiger partial charge < -0.3 is 10.5 Å². The number of nitrogens with two attached hydrogens (primary N) is 1. The zero-order valence-corrected chi connectivity index (χ0v) is 22.6. The number of ether oxygens (including phenoxy) is 1. The number of fused-ring (bicyclic) bond motifs is 1. The van der Waals surface area contributed by atoms with E-state index >= 15 is 0 Å². The van der Waals surface area contributed by atoms with Crippen molar-refractivity contribution in [3.63, 3.8) is 0 Å². The Hall–Kier alpha value is -4.10. The zero-order valence-electron chi connectivity index (χ0n) is 22.6. The molecule has 3 aromatic heterocycles. The highest BCUT2D eigenvalue weighted by molar-refractivity contribution is 5.61. The molecule has 0 saturated heterocycles. The number of nitrogens with zero attached hydrogens (tertiary/aromatic N) is 5. The van der Waals surface area contributed by atoms with Crippen molar-refractivity contribution in [3.8, 4) is 17.0 Å². The predicted octanol–water partition coefficient (Wildman–Crippen LogP) is 5.92. The lowest BCUT2D eigenvalue weighted by Gasteiger charge is -2.35. The quantitative estimate of drug-likeness (QED) is 0.281. The summed E-state index contributed by atoms with van der Waals surface area (Å²) in [4.78, 5) is 4.33. The Morgan fingerprint density at radius 2 is 1.53 bits per heavy atom. The summed E-state index contributed by atoms with van der Waals surface area (Å²) in [6.07, 6.45) is 1.78. The summed E-state index contributed by atoms with van der Waals surface area (Å²) in [5, 5.41) is 13.3. The van der Waals surface area contributed by atoms with Gasteiger partial charge in [-0.15, -0.1) is 10.2 Å². The summed E-state index contributed by atoms with van der Waals surface area (Å²) in [6, 6.07) is 26.8. The average Bonchev–Trinajstić information content (AvgIpc) is 3.36. The van der Waals surface area contributed by atoms with Gasteiger partial charge in [0.15, 0.2) is 11.5 Å². The normalized spacial score (nSPS) is 13.6. The van der Waals surface area contributed by atoms with Gasteiger partial charge in [-0.1, -0.05) is 63.2 Å². The zero-order chi connectivity index (χ0) is 26.9. The molecule has 5 aromatic rings. The first-order chi connectivity index (χ1) is 18.2. The van der Waals surface area contributed by atoms with Crippen LogP contribution >= 0.6 is 0 Å². The molecule has 0 bridgehead atoms. The van der Waals surface area contributed by atoms with Gasteiger partial charge in [0.1, 0.15) is 12.4 Å². The van der Waals surface area contributed by atoms with E-state index in [2.05, 4.69) is 72.4 Å². The second kappa shape index (κ2) is 9.99. The van der Waals surface area contributed by atoms with Crippen LogP contribution in [0.25, 0.3) is 16.9 Å². The van der Waals surface area contributed by atoms with Crippen LogP contribution in [0.3, 0.4) is 0 Å². The molecule has 194 valence electrons. The molecular formula is C31H34N6O. The molecule has 5 rings (SSSR count). The number of hydrogen-bond acceptors (Lipinski definition) is 6. The molecule has 0 radical (unpaired) electrons. The smallest absolute Gasteiger partial charge is 0.178 e. The Kier molecular flexibility index (Phi) is 6.71. The van der Waals surface area contributed by atoms with Crippen molar-refractivity contribution in [2.45, 2.75) is 52.2 Å². The molecule has 0 aliphatic heterocycles. The maximum atomic E-state index is 6.29. The number of pyridine rings is 1. The first-order valence-corrected chi connectivity index (χ1v) is 12.9. The first kappa shape index (κ1) is 25.5. The van der Waals surface area contributed by atoms with Crippen LogP contribution in [0.15, 0.2) is 85.1 Å². The molecule has 7 nitrogen and oxygen atoms in total. The third-order valence-electron chi connectivity index (χ3n) is 7.34. The molecule has 0 fully saturated rings. The Morgan fingerprint density at radius 3 is 2.13 bits per heavy atom. The Bertz CT molecular complexity index is 1520. The summed E-state index contributed by atoms with van der Waals surface area (Å²) >= 11 is 0. The van der Waals surface area contributed by atoms with Crippen molar-refractivity contribution in [2.24, 2.45) is 11.7 Å². The third kappa shape index (κ3) is 4.89. The fourth-order valence-electron chi connectivity index (χ4n) is 4.70. The van der Waals surface area contributed by atoms with Crippen molar-refractivity contribution in [2.75, 3.05) is 0 Å². The van der Waals surface area contributed by atoms with Gasteiger partial charge >= 0.3 is 0 Å². The second-order valence-electron chi connectivity index (χ2n) is 10.8. The van der Waals surface area contributed by atoms with Gasteiger partial charge in [0.2, 0.25) is 0 Å². The minimum absolute atomic E-state index is 0.180. The Balaban J connectivity index is 1.40. The van der Waals surface area contributed by atoms with Gasteiger partial charge in [0, 0.05) is 17.2 Å². The fourth-order valence-corrected chi connectivity index (χ4v) is 4.70. The Morgan fingerprint density at radius 1 is 0.842 bits per heavy atom. The summed E-state index contributed by atoms with van der Waals surface area (Å²) in [5.74, 6) is 1.83.